The first-order chi connectivity index (χ1) is 11.6. The van der Waals surface area contributed by atoms with Gasteiger partial charge in [-0.3, -0.25) is 4.79 Å². The third-order valence-corrected chi connectivity index (χ3v) is 3.77. The van der Waals surface area contributed by atoms with Crippen LogP contribution in [0.25, 0.3) is 0 Å². The minimum atomic E-state index is -0.298. The number of hydrogen-bond acceptors (Lipinski definition) is 4. The van der Waals surface area contributed by atoms with Gasteiger partial charge in [-0.15, -0.1) is 0 Å². The van der Waals surface area contributed by atoms with Gasteiger partial charge >= 0.3 is 0 Å². The summed E-state index contributed by atoms with van der Waals surface area (Å²) >= 11 is 6.35. The molecule has 0 atom stereocenters. The average Bonchev–Trinajstić information content (AvgIpc) is 2.48. The van der Waals surface area contributed by atoms with Gasteiger partial charge in [0.2, 0.25) is 0 Å². The molecule has 5 nitrogen and oxygen atoms in total. The Balaban J connectivity index is 2.69. The smallest absolute Gasteiger partial charge is 0.258 e. The molecule has 1 aromatic carbocycles. The van der Waals surface area contributed by atoms with Gasteiger partial charge in [0.1, 0.15) is 0 Å². The van der Waals surface area contributed by atoms with Gasteiger partial charge in [-0.2, -0.15) is 0 Å². The van der Waals surface area contributed by atoms with Crippen LogP contribution in [-0.4, -0.2) is 31.7 Å². The van der Waals surface area contributed by atoms with E-state index in [0.717, 1.165) is 18.5 Å². The van der Waals surface area contributed by atoms with Gasteiger partial charge in [0, 0.05) is 23.2 Å². The molecule has 0 spiro atoms. The van der Waals surface area contributed by atoms with Crippen molar-refractivity contribution in [1.82, 2.24) is 10.6 Å². The Labute approximate surface area is 156 Å². The van der Waals surface area contributed by atoms with E-state index in [9.17, 15) is 4.79 Å². The Kier molecular flexibility index (Phi) is 8.53. The van der Waals surface area contributed by atoms with Gasteiger partial charge in [-0.25, -0.2) is 0 Å². The number of carbonyl (C=O) groups is 1. The lowest BCUT2D eigenvalue weighted by atomic mass is 10.1. The van der Waals surface area contributed by atoms with Gasteiger partial charge in [0.05, 0.1) is 7.11 Å². The molecule has 0 saturated heterocycles. The second-order valence-electron chi connectivity index (χ2n) is 7.54. The summed E-state index contributed by atoms with van der Waals surface area (Å²) in [6, 6.07) is 3.55. The number of nitrogens with one attached hydrogen (secondary N) is 2. The lowest BCUT2D eigenvalue weighted by Gasteiger charge is -2.21. The number of halogens is 1. The van der Waals surface area contributed by atoms with Crippen LogP contribution in [0.2, 0.25) is 5.02 Å². The minimum Gasteiger partial charge on any atom is -0.493 e. The van der Waals surface area contributed by atoms with Crippen LogP contribution >= 0.6 is 11.6 Å². The first-order valence-corrected chi connectivity index (χ1v) is 9.01. The number of amides is 1. The molecule has 0 aliphatic carbocycles. The van der Waals surface area contributed by atoms with Crippen LogP contribution < -0.4 is 20.1 Å². The molecule has 1 aromatic rings. The molecule has 0 aromatic heterocycles. The molecule has 142 valence electrons. The van der Waals surface area contributed by atoms with E-state index in [1.54, 1.807) is 13.2 Å². The third-order valence-electron chi connectivity index (χ3n) is 3.42. The predicted octanol–water partition coefficient (Wildman–Crippen LogP) is 3.78. The van der Waals surface area contributed by atoms with Crippen LogP contribution in [0.3, 0.4) is 0 Å². The molecule has 0 unspecified atom stereocenters. The maximum absolute atomic E-state index is 11.9. The lowest BCUT2D eigenvalue weighted by Crippen LogP contribution is -2.43. The minimum absolute atomic E-state index is 0.0874. The average molecular weight is 371 g/mol. The Morgan fingerprint density at radius 3 is 2.48 bits per heavy atom. The molecule has 2 N–H and O–H groups in total. The predicted molar refractivity (Wildman–Crippen MR) is 103 cm³/mol. The normalized spacial score (nSPS) is 11.5. The van der Waals surface area contributed by atoms with E-state index in [1.807, 2.05) is 26.8 Å². The second kappa shape index (κ2) is 9.88. The molecule has 0 bridgehead atoms. The number of carbonyl (C=O) groups excluding carboxylic acids is 1. The summed E-state index contributed by atoms with van der Waals surface area (Å²) < 4.78 is 11.0. The fourth-order valence-electron chi connectivity index (χ4n) is 2.20. The van der Waals surface area contributed by atoms with Crippen LogP contribution in [0.5, 0.6) is 11.5 Å². The highest BCUT2D eigenvalue weighted by Gasteiger charge is 2.16. The van der Waals surface area contributed by atoms with Crippen molar-refractivity contribution in [1.29, 1.82) is 0 Å². The van der Waals surface area contributed by atoms with Gasteiger partial charge in [0.25, 0.3) is 5.91 Å². The first kappa shape index (κ1) is 21.6. The quantitative estimate of drug-likeness (QED) is 0.649. The number of ether oxygens (including phenoxy) is 2. The Morgan fingerprint density at radius 1 is 1.24 bits per heavy atom. The molecule has 0 saturated carbocycles. The third kappa shape index (κ3) is 8.45. The molecule has 0 fully saturated rings. The van der Waals surface area contributed by atoms with E-state index in [2.05, 4.69) is 24.5 Å². The molecule has 0 aliphatic heterocycles. The Hall–Kier alpha value is -1.46. The highest BCUT2D eigenvalue weighted by atomic mass is 35.5. The van der Waals surface area contributed by atoms with E-state index < -0.39 is 0 Å². The molecule has 0 radical (unpaired) electrons. The van der Waals surface area contributed by atoms with Gasteiger partial charge in [-0.05, 0) is 51.3 Å². The Bertz CT molecular complexity index is 569. The highest BCUT2D eigenvalue weighted by Crippen LogP contribution is 2.33. The zero-order chi connectivity index (χ0) is 19.0. The van der Waals surface area contributed by atoms with Crippen molar-refractivity contribution in [2.75, 3.05) is 20.3 Å². The van der Waals surface area contributed by atoms with Crippen molar-refractivity contribution in [3.63, 3.8) is 0 Å². The summed E-state index contributed by atoms with van der Waals surface area (Å²) in [5, 5.41) is 6.81. The van der Waals surface area contributed by atoms with Gasteiger partial charge in [-0.1, -0.05) is 25.4 Å². The van der Waals surface area contributed by atoms with E-state index in [4.69, 9.17) is 21.1 Å². The monoisotopic (exact) mass is 370 g/mol. The summed E-state index contributed by atoms with van der Waals surface area (Å²) in [4.78, 5) is 11.9. The number of rotatable bonds is 9. The molecular weight excluding hydrogens is 340 g/mol. The molecule has 0 aliphatic rings. The van der Waals surface area contributed by atoms with Crippen molar-refractivity contribution in [2.24, 2.45) is 5.92 Å². The summed E-state index contributed by atoms with van der Waals surface area (Å²) in [6.45, 7) is 11.7. The van der Waals surface area contributed by atoms with Crippen LogP contribution in [-0.2, 0) is 11.3 Å². The van der Waals surface area contributed by atoms with E-state index in [-0.39, 0.29) is 18.1 Å². The second-order valence-corrected chi connectivity index (χ2v) is 7.95. The molecule has 0 heterocycles. The van der Waals surface area contributed by atoms with Crippen molar-refractivity contribution >= 4 is 17.5 Å². The van der Waals surface area contributed by atoms with Crippen LogP contribution in [0.4, 0.5) is 0 Å². The molecule has 1 rings (SSSR count). The van der Waals surface area contributed by atoms with E-state index >= 15 is 0 Å². The fourth-order valence-corrected chi connectivity index (χ4v) is 2.42. The molecular formula is C19H31ClN2O3. The maximum atomic E-state index is 11.9. The SMILES string of the molecule is COc1cc(CNCCC(C)C)c(Cl)cc1OCC(=O)NC(C)(C)C. The van der Waals surface area contributed by atoms with Crippen molar-refractivity contribution in [3.8, 4) is 11.5 Å². The summed E-state index contributed by atoms with van der Waals surface area (Å²) in [6.07, 6.45) is 1.11. The van der Waals surface area contributed by atoms with Crippen molar-refractivity contribution < 1.29 is 14.3 Å². The zero-order valence-electron chi connectivity index (χ0n) is 16.2. The maximum Gasteiger partial charge on any atom is 0.258 e. The standard InChI is InChI=1S/C19H31ClN2O3/c1-13(2)7-8-21-11-14-9-16(24-6)17(10-15(14)20)25-12-18(23)22-19(3,4)5/h9-10,13,21H,7-8,11-12H2,1-6H3,(H,22,23). The highest BCUT2D eigenvalue weighted by molar-refractivity contribution is 6.31. The van der Waals surface area contributed by atoms with Crippen molar-refractivity contribution in [3.05, 3.63) is 22.7 Å². The lowest BCUT2D eigenvalue weighted by molar-refractivity contribution is -0.124. The fraction of sp³-hybridized carbons (Fsp3) is 0.632. The van der Waals surface area contributed by atoms with Crippen LogP contribution in [0.1, 0.15) is 46.6 Å². The molecule has 1 amide bonds. The van der Waals surface area contributed by atoms with Crippen LogP contribution in [0.15, 0.2) is 12.1 Å². The largest absolute Gasteiger partial charge is 0.493 e. The number of hydrogen-bond donors (Lipinski definition) is 2. The first-order valence-electron chi connectivity index (χ1n) is 8.63. The number of benzene rings is 1. The van der Waals surface area contributed by atoms with Crippen LogP contribution in [0, 0.1) is 5.92 Å². The summed E-state index contributed by atoms with van der Waals surface area (Å²) in [7, 11) is 1.57. The van der Waals surface area contributed by atoms with Crippen molar-refractivity contribution in [2.45, 2.75) is 53.1 Å². The molecule has 25 heavy (non-hydrogen) atoms. The van der Waals surface area contributed by atoms with E-state index in [1.165, 1.54) is 0 Å². The van der Waals surface area contributed by atoms with E-state index in [0.29, 0.717) is 29.0 Å². The summed E-state index contributed by atoms with van der Waals surface area (Å²) in [5.41, 5.74) is 0.641. The summed E-state index contributed by atoms with van der Waals surface area (Å²) in [5.74, 6) is 1.49. The topological polar surface area (TPSA) is 59.6 Å². The zero-order valence-corrected chi connectivity index (χ0v) is 16.9. The number of methoxy groups -OCH3 is 1. The van der Waals surface area contributed by atoms with Gasteiger partial charge < -0.3 is 20.1 Å². The van der Waals surface area contributed by atoms with Gasteiger partial charge in [0.15, 0.2) is 18.1 Å². The molecule has 6 heteroatoms. The Morgan fingerprint density at radius 2 is 1.92 bits per heavy atom.